The van der Waals surface area contributed by atoms with Crippen LogP contribution in [-0.4, -0.2) is 56.6 Å². The third kappa shape index (κ3) is 4.85. The topological polar surface area (TPSA) is 83.1 Å². The highest BCUT2D eigenvalue weighted by Crippen LogP contribution is 2.44. The predicted molar refractivity (Wildman–Crippen MR) is 109 cm³/mol. The molecule has 1 aromatic rings. The van der Waals surface area contributed by atoms with Crippen LogP contribution in [-0.2, 0) is 35.1 Å². The summed E-state index contributed by atoms with van der Waals surface area (Å²) in [7, 11) is 1.40. The van der Waals surface area contributed by atoms with Crippen LogP contribution in [0, 0.1) is 5.41 Å². The summed E-state index contributed by atoms with van der Waals surface area (Å²) in [6.45, 7) is 1.38. The Balaban J connectivity index is 1.28. The lowest BCUT2D eigenvalue weighted by atomic mass is 9.79. The quantitative estimate of drug-likeness (QED) is 0.654. The van der Waals surface area contributed by atoms with E-state index in [1.807, 2.05) is 30.3 Å². The highest BCUT2D eigenvalue weighted by atomic mass is 16.6. The first-order valence-electron chi connectivity index (χ1n) is 10.8. The molecule has 7 nitrogen and oxygen atoms in total. The van der Waals surface area contributed by atoms with Gasteiger partial charge >= 0.3 is 5.97 Å². The minimum atomic E-state index is -0.284. The Kier molecular flexibility index (Phi) is 6.71. The van der Waals surface area contributed by atoms with Crippen molar-refractivity contribution in [2.24, 2.45) is 5.41 Å². The van der Waals surface area contributed by atoms with Crippen LogP contribution in [0.2, 0.25) is 0 Å². The number of rotatable bonds is 8. The lowest BCUT2D eigenvalue weighted by Crippen LogP contribution is -2.45. The van der Waals surface area contributed by atoms with E-state index >= 15 is 0 Å². The Hall–Kier alpha value is -1.96. The van der Waals surface area contributed by atoms with Crippen molar-refractivity contribution in [2.75, 3.05) is 20.3 Å². The zero-order valence-electron chi connectivity index (χ0n) is 17.5. The van der Waals surface area contributed by atoms with Gasteiger partial charge in [0.15, 0.2) is 0 Å². The molecule has 164 valence electrons. The van der Waals surface area contributed by atoms with Crippen molar-refractivity contribution >= 4 is 11.9 Å². The summed E-state index contributed by atoms with van der Waals surface area (Å²) in [6, 6.07) is 9.82. The third-order valence-electron chi connectivity index (χ3n) is 6.61. The fraction of sp³-hybridized carbons (Fsp3) is 0.652. The lowest BCUT2D eigenvalue weighted by Gasteiger charge is -2.28. The molecular formula is C23H31NO6. The molecule has 0 radical (unpaired) electrons. The molecule has 0 aromatic heterocycles. The second kappa shape index (κ2) is 9.45. The normalized spacial score (nSPS) is 29.5. The van der Waals surface area contributed by atoms with Crippen molar-refractivity contribution in [3.05, 3.63) is 35.9 Å². The lowest BCUT2D eigenvalue weighted by molar-refractivity contribution is -0.144. The number of fused-ring (bicyclic) bond motifs is 1. The Morgan fingerprint density at radius 1 is 1.07 bits per heavy atom. The van der Waals surface area contributed by atoms with Gasteiger partial charge in [0.2, 0.25) is 5.91 Å². The molecule has 1 saturated carbocycles. The number of benzene rings is 1. The third-order valence-corrected chi connectivity index (χ3v) is 6.61. The summed E-state index contributed by atoms with van der Waals surface area (Å²) in [6.07, 6.45) is 3.99. The molecule has 3 aliphatic rings. The van der Waals surface area contributed by atoms with Crippen molar-refractivity contribution in [2.45, 2.75) is 69.5 Å². The molecule has 0 bridgehead atoms. The zero-order chi connectivity index (χ0) is 21.0. The number of nitrogens with one attached hydrogen (secondary N) is 1. The van der Waals surface area contributed by atoms with Gasteiger partial charge in [-0.15, -0.1) is 0 Å². The van der Waals surface area contributed by atoms with E-state index in [2.05, 4.69) is 5.32 Å². The van der Waals surface area contributed by atoms with Crippen LogP contribution in [0.1, 0.15) is 44.1 Å². The van der Waals surface area contributed by atoms with E-state index in [1.54, 1.807) is 0 Å². The molecule has 1 N–H and O–H groups in total. The fourth-order valence-corrected chi connectivity index (χ4v) is 5.03. The molecule has 4 atom stereocenters. The highest BCUT2D eigenvalue weighted by molar-refractivity contribution is 5.79. The second-order valence-corrected chi connectivity index (χ2v) is 8.74. The van der Waals surface area contributed by atoms with Crippen LogP contribution < -0.4 is 5.32 Å². The zero-order valence-corrected chi connectivity index (χ0v) is 17.5. The molecule has 2 heterocycles. The fourth-order valence-electron chi connectivity index (χ4n) is 5.03. The minimum Gasteiger partial charge on any atom is -0.469 e. The summed E-state index contributed by atoms with van der Waals surface area (Å²) >= 11 is 0. The molecule has 4 unspecified atom stereocenters. The average molecular weight is 418 g/mol. The van der Waals surface area contributed by atoms with Crippen LogP contribution in [0.3, 0.4) is 0 Å². The predicted octanol–water partition coefficient (Wildman–Crippen LogP) is 2.37. The van der Waals surface area contributed by atoms with E-state index in [9.17, 15) is 9.59 Å². The largest absolute Gasteiger partial charge is 0.469 e. The first-order chi connectivity index (χ1) is 14.6. The van der Waals surface area contributed by atoms with E-state index in [1.165, 1.54) is 7.11 Å². The van der Waals surface area contributed by atoms with Gasteiger partial charge in [-0.1, -0.05) is 43.2 Å². The number of carbonyl (C=O) groups is 2. The van der Waals surface area contributed by atoms with Gasteiger partial charge in [-0.3, -0.25) is 9.59 Å². The summed E-state index contributed by atoms with van der Waals surface area (Å²) < 4.78 is 22.7. The Morgan fingerprint density at radius 2 is 1.80 bits per heavy atom. The Bertz CT molecular complexity index is 732. The monoisotopic (exact) mass is 417 g/mol. The van der Waals surface area contributed by atoms with Gasteiger partial charge in [0.05, 0.1) is 39.4 Å². The minimum absolute atomic E-state index is 0.0488. The molecule has 3 fully saturated rings. The highest BCUT2D eigenvalue weighted by Gasteiger charge is 2.49. The van der Waals surface area contributed by atoms with Crippen molar-refractivity contribution < 1.29 is 28.5 Å². The average Bonchev–Trinajstić information content (AvgIpc) is 3.46. The maximum absolute atomic E-state index is 12.8. The van der Waals surface area contributed by atoms with Gasteiger partial charge in [-0.05, 0) is 23.8 Å². The van der Waals surface area contributed by atoms with Crippen LogP contribution >= 0.6 is 0 Å². The molecule has 0 spiro atoms. The van der Waals surface area contributed by atoms with Gasteiger partial charge in [0, 0.05) is 6.42 Å². The van der Waals surface area contributed by atoms with Gasteiger partial charge in [-0.2, -0.15) is 0 Å². The smallest absolute Gasteiger partial charge is 0.306 e. The number of amides is 1. The van der Waals surface area contributed by atoms with E-state index in [-0.39, 0.29) is 41.6 Å². The first kappa shape index (κ1) is 21.3. The number of esters is 1. The van der Waals surface area contributed by atoms with Gasteiger partial charge in [0.1, 0.15) is 18.3 Å². The van der Waals surface area contributed by atoms with Crippen molar-refractivity contribution in [1.29, 1.82) is 0 Å². The van der Waals surface area contributed by atoms with Gasteiger partial charge in [-0.25, -0.2) is 0 Å². The molecule has 7 heteroatoms. The standard InChI is InChI=1S/C23H31NO6/c1-27-20(26)12-23(9-5-6-10-23)11-19(25)24-17-14-29-22-18(15-30-21(17)22)28-13-16-7-3-2-4-8-16/h2-4,7-8,17-18,21-22H,5-6,9-15H2,1H3,(H,24,25). The Morgan fingerprint density at radius 3 is 2.53 bits per heavy atom. The van der Waals surface area contributed by atoms with Crippen LogP contribution in [0.4, 0.5) is 0 Å². The number of hydrogen-bond donors (Lipinski definition) is 1. The number of methoxy groups -OCH3 is 1. The molecular weight excluding hydrogens is 386 g/mol. The van der Waals surface area contributed by atoms with Crippen LogP contribution in [0.25, 0.3) is 0 Å². The number of ether oxygens (including phenoxy) is 4. The molecule has 2 aliphatic heterocycles. The van der Waals surface area contributed by atoms with Gasteiger partial charge < -0.3 is 24.3 Å². The van der Waals surface area contributed by atoms with Crippen molar-refractivity contribution in [1.82, 2.24) is 5.32 Å². The first-order valence-corrected chi connectivity index (χ1v) is 10.8. The molecule has 1 aromatic carbocycles. The second-order valence-electron chi connectivity index (χ2n) is 8.74. The van der Waals surface area contributed by atoms with Crippen molar-refractivity contribution in [3.8, 4) is 0 Å². The van der Waals surface area contributed by atoms with Gasteiger partial charge in [0.25, 0.3) is 0 Å². The number of hydrogen-bond acceptors (Lipinski definition) is 6. The number of carbonyl (C=O) groups excluding carboxylic acids is 2. The van der Waals surface area contributed by atoms with E-state index in [0.717, 1.165) is 31.2 Å². The van der Waals surface area contributed by atoms with Crippen molar-refractivity contribution in [3.63, 3.8) is 0 Å². The molecule has 4 rings (SSSR count). The van der Waals surface area contributed by atoms with Crippen LogP contribution in [0.5, 0.6) is 0 Å². The molecule has 30 heavy (non-hydrogen) atoms. The summed E-state index contributed by atoms with van der Waals surface area (Å²) in [4.78, 5) is 24.6. The maximum Gasteiger partial charge on any atom is 0.306 e. The molecule has 1 amide bonds. The van der Waals surface area contributed by atoms with E-state index < -0.39 is 0 Å². The van der Waals surface area contributed by atoms with E-state index in [0.29, 0.717) is 32.7 Å². The maximum atomic E-state index is 12.8. The summed E-state index contributed by atoms with van der Waals surface area (Å²) in [5.74, 6) is -0.293. The molecule has 1 aliphatic carbocycles. The van der Waals surface area contributed by atoms with Crippen LogP contribution in [0.15, 0.2) is 30.3 Å². The summed E-state index contributed by atoms with van der Waals surface area (Å²) in [5, 5.41) is 3.09. The van der Waals surface area contributed by atoms with E-state index in [4.69, 9.17) is 18.9 Å². The summed E-state index contributed by atoms with van der Waals surface area (Å²) in [5.41, 5.74) is 0.824. The Labute approximate surface area is 177 Å². The SMILES string of the molecule is COC(=O)CC1(CC(=O)NC2COC3C(OCc4ccccc4)COC23)CCCC1. The molecule has 2 saturated heterocycles.